The van der Waals surface area contributed by atoms with Gasteiger partial charge in [0.1, 0.15) is 0 Å². The third-order valence-electron chi connectivity index (χ3n) is 2.85. The third-order valence-corrected chi connectivity index (χ3v) is 3.66. The summed E-state index contributed by atoms with van der Waals surface area (Å²) in [6.07, 6.45) is 0.993. The van der Waals surface area contributed by atoms with E-state index >= 15 is 0 Å². The molecule has 0 bridgehead atoms. The molecule has 0 heterocycles. The van der Waals surface area contributed by atoms with Crippen LogP contribution in [0.15, 0.2) is 6.07 Å². The molecule has 0 aliphatic carbocycles. The number of sulfone groups is 1. The van der Waals surface area contributed by atoms with Crippen LogP contribution in [-0.2, 0) is 41.3 Å². The fourth-order valence-electron chi connectivity index (χ4n) is 2.13. The van der Waals surface area contributed by atoms with Gasteiger partial charge in [0, 0.05) is 39.7 Å². The van der Waals surface area contributed by atoms with Crippen LogP contribution in [0.4, 0.5) is 0 Å². The summed E-state index contributed by atoms with van der Waals surface area (Å²) >= 11 is 0. The molecule has 0 spiro atoms. The second-order valence-electron chi connectivity index (χ2n) is 5.45. The van der Waals surface area contributed by atoms with E-state index < -0.39 is 33.5 Å². The van der Waals surface area contributed by atoms with E-state index in [9.17, 15) is 22.8 Å². The Morgan fingerprint density at radius 2 is 1.42 bits per heavy atom. The van der Waals surface area contributed by atoms with E-state index in [1.54, 1.807) is 0 Å². The predicted octanol–water partition coefficient (Wildman–Crippen LogP) is 1.15. The summed E-state index contributed by atoms with van der Waals surface area (Å²) in [5.74, 6) is -3.67. The number of esters is 3. The van der Waals surface area contributed by atoms with Crippen LogP contribution in [0.1, 0.15) is 31.9 Å². The predicted molar refractivity (Wildman–Crippen MR) is 89.6 cm³/mol. The first-order chi connectivity index (χ1) is 11.9. The molecule has 0 aliphatic rings. The zero-order chi connectivity index (χ0) is 20.1. The van der Waals surface area contributed by atoms with E-state index in [0.717, 1.165) is 27.0 Å². The molecular formula is C16H20O9S. The molecular weight excluding hydrogens is 368 g/mol. The van der Waals surface area contributed by atoms with Gasteiger partial charge in [-0.3, -0.25) is 14.4 Å². The molecule has 0 saturated carbocycles. The minimum Gasteiger partial charge on any atom is -0.423 e. The first kappa shape index (κ1) is 21.6. The van der Waals surface area contributed by atoms with E-state index in [4.69, 9.17) is 18.9 Å². The molecule has 0 saturated heterocycles. The van der Waals surface area contributed by atoms with E-state index in [-0.39, 0.29) is 29.4 Å². The van der Waals surface area contributed by atoms with Crippen LogP contribution < -0.4 is 14.2 Å². The van der Waals surface area contributed by atoms with Gasteiger partial charge in [-0.2, -0.15) is 0 Å². The molecule has 1 aromatic rings. The van der Waals surface area contributed by atoms with Crippen molar-refractivity contribution in [1.29, 1.82) is 0 Å². The van der Waals surface area contributed by atoms with E-state index in [2.05, 4.69) is 0 Å². The number of carbonyl (C=O) groups excluding carboxylic acids is 3. The molecule has 0 N–H and O–H groups in total. The number of benzene rings is 1. The second kappa shape index (κ2) is 8.77. The highest BCUT2D eigenvalue weighted by molar-refractivity contribution is 7.89. The van der Waals surface area contributed by atoms with Crippen LogP contribution in [0.3, 0.4) is 0 Å². The average molecular weight is 388 g/mol. The summed E-state index contributed by atoms with van der Waals surface area (Å²) in [6.45, 7) is 3.25. The van der Waals surface area contributed by atoms with Crippen molar-refractivity contribution in [2.45, 2.75) is 33.1 Å². The monoisotopic (exact) mass is 388 g/mol. The molecule has 0 atom stereocenters. The lowest BCUT2D eigenvalue weighted by Gasteiger charge is -2.19. The summed E-state index contributed by atoms with van der Waals surface area (Å²) in [5.41, 5.74) is 0.359. The van der Waals surface area contributed by atoms with Gasteiger partial charge in [-0.05, 0) is 11.6 Å². The van der Waals surface area contributed by atoms with Crippen LogP contribution >= 0.6 is 0 Å². The first-order valence-electron chi connectivity index (χ1n) is 7.35. The van der Waals surface area contributed by atoms with Crippen molar-refractivity contribution in [3.05, 3.63) is 17.2 Å². The third kappa shape index (κ3) is 6.45. The summed E-state index contributed by atoms with van der Waals surface area (Å²) in [5, 5.41) is 0. The van der Waals surface area contributed by atoms with Gasteiger partial charge in [-0.15, -0.1) is 0 Å². The Labute approximate surface area is 151 Å². The van der Waals surface area contributed by atoms with E-state index in [1.807, 2.05) is 0 Å². The maximum Gasteiger partial charge on any atom is 0.308 e. The Balaban J connectivity index is 3.84. The van der Waals surface area contributed by atoms with Crippen molar-refractivity contribution >= 4 is 27.7 Å². The summed E-state index contributed by atoms with van der Waals surface area (Å²) in [4.78, 5) is 34.3. The molecule has 0 radical (unpaired) electrons. The van der Waals surface area contributed by atoms with Crippen LogP contribution in [0, 0.1) is 0 Å². The zero-order valence-corrected chi connectivity index (χ0v) is 15.9. The van der Waals surface area contributed by atoms with Gasteiger partial charge < -0.3 is 18.9 Å². The van der Waals surface area contributed by atoms with Crippen molar-refractivity contribution < 1.29 is 41.7 Å². The fourth-order valence-corrected chi connectivity index (χ4v) is 2.97. The lowest BCUT2D eigenvalue weighted by atomic mass is 10.1. The van der Waals surface area contributed by atoms with Gasteiger partial charge in [0.05, 0.1) is 12.4 Å². The summed E-state index contributed by atoms with van der Waals surface area (Å²) in [7, 11) is -2.18. The Kier molecular flexibility index (Phi) is 7.28. The SMILES string of the molecule is COCc1cc(OC(C)=O)c(OC(C)=O)c(OC(C)=O)c1CS(C)(=O)=O. The topological polar surface area (TPSA) is 122 Å². The maximum absolute atomic E-state index is 11.8. The number of hydrogen-bond donors (Lipinski definition) is 0. The molecule has 0 aliphatic heterocycles. The molecule has 0 unspecified atom stereocenters. The smallest absolute Gasteiger partial charge is 0.308 e. The quantitative estimate of drug-likeness (QED) is 0.500. The van der Waals surface area contributed by atoms with Crippen molar-refractivity contribution in [3.63, 3.8) is 0 Å². The second-order valence-corrected chi connectivity index (χ2v) is 7.59. The highest BCUT2D eigenvalue weighted by Crippen LogP contribution is 2.44. The van der Waals surface area contributed by atoms with Gasteiger partial charge in [0.25, 0.3) is 0 Å². The molecule has 1 aromatic carbocycles. The number of methoxy groups -OCH3 is 1. The maximum atomic E-state index is 11.8. The largest absolute Gasteiger partial charge is 0.423 e. The normalized spacial score (nSPS) is 11.0. The Bertz CT molecular complexity index is 825. The van der Waals surface area contributed by atoms with Crippen molar-refractivity contribution in [3.8, 4) is 17.2 Å². The Morgan fingerprint density at radius 3 is 1.85 bits per heavy atom. The molecule has 26 heavy (non-hydrogen) atoms. The molecule has 9 nitrogen and oxygen atoms in total. The Hall–Kier alpha value is -2.46. The Morgan fingerprint density at radius 1 is 0.923 bits per heavy atom. The van der Waals surface area contributed by atoms with Gasteiger partial charge >= 0.3 is 17.9 Å². The highest BCUT2D eigenvalue weighted by atomic mass is 32.2. The van der Waals surface area contributed by atoms with Crippen LogP contribution in [0.5, 0.6) is 17.2 Å². The van der Waals surface area contributed by atoms with Crippen molar-refractivity contribution in [2.75, 3.05) is 13.4 Å². The molecule has 1 rings (SSSR count). The minimum absolute atomic E-state index is 0.0618. The zero-order valence-electron chi connectivity index (χ0n) is 15.1. The summed E-state index contributed by atoms with van der Waals surface area (Å²) in [6, 6.07) is 1.30. The van der Waals surface area contributed by atoms with Crippen LogP contribution in [-0.4, -0.2) is 39.7 Å². The molecule has 10 heteroatoms. The molecule has 144 valence electrons. The lowest BCUT2D eigenvalue weighted by molar-refractivity contribution is -0.135. The van der Waals surface area contributed by atoms with Crippen molar-refractivity contribution in [1.82, 2.24) is 0 Å². The van der Waals surface area contributed by atoms with Gasteiger partial charge in [0.15, 0.2) is 21.3 Å². The fraction of sp³-hybridized carbons (Fsp3) is 0.438. The lowest BCUT2D eigenvalue weighted by Crippen LogP contribution is -2.15. The minimum atomic E-state index is -3.55. The molecule has 0 amide bonds. The number of ether oxygens (including phenoxy) is 4. The molecule has 0 aromatic heterocycles. The number of rotatable bonds is 7. The van der Waals surface area contributed by atoms with Gasteiger partial charge in [-0.1, -0.05) is 0 Å². The standard InChI is InChI=1S/C16H20O9S/c1-9(17)23-14-6-12(7-22-4)13(8-26(5,20)21)15(24-10(2)18)16(14)25-11(3)19/h6H,7-8H2,1-5H3. The summed E-state index contributed by atoms with van der Waals surface area (Å²) < 4.78 is 43.8. The number of hydrogen-bond acceptors (Lipinski definition) is 9. The average Bonchev–Trinajstić information content (AvgIpc) is 2.44. The first-order valence-corrected chi connectivity index (χ1v) is 9.41. The number of carbonyl (C=O) groups is 3. The van der Waals surface area contributed by atoms with Gasteiger partial charge in [0.2, 0.25) is 5.75 Å². The van der Waals surface area contributed by atoms with Crippen molar-refractivity contribution in [2.24, 2.45) is 0 Å². The van der Waals surface area contributed by atoms with Crippen LogP contribution in [0.25, 0.3) is 0 Å². The van der Waals surface area contributed by atoms with Crippen LogP contribution in [0.2, 0.25) is 0 Å². The van der Waals surface area contributed by atoms with E-state index in [0.29, 0.717) is 5.56 Å². The van der Waals surface area contributed by atoms with E-state index in [1.165, 1.54) is 13.2 Å². The van der Waals surface area contributed by atoms with Gasteiger partial charge in [-0.25, -0.2) is 8.42 Å². The highest BCUT2D eigenvalue weighted by Gasteiger charge is 2.27. The molecule has 0 fully saturated rings.